The maximum atomic E-state index is 12.8. The molecule has 50 heavy (non-hydrogen) atoms. The van der Waals surface area contributed by atoms with E-state index in [0.717, 1.165) is 64.6 Å². The van der Waals surface area contributed by atoms with Gasteiger partial charge in [0.1, 0.15) is 6.10 Å². The number of morpholine rings is 1. The Bertz CT molecular complexity index is 727. The average molecular weight is 706 g/mol. The second-order valence-electron chi connectivity index (χ2n) is 15.7. The van der Waals surface area contributed by atoms with Gasteiger partial charge < -0.3 is 14.6 Å². The number of nitrogens with zero attached hydrogens (tertiary/aromatic N) is 1. The van der Waals surface area contributed by atoms with Crippen LogP contribution in [0.3, 0.4) is 0 Å². The Morgan fingerprint density at radius 1 is 0.620 bits per heavy atom. The Kier molecular flexibility index (Phi) is 34.3. The summed E-state index contributed by atoms with van der Waals surface area (Å²) >= 11 is 0. The third kappa shape index (κ3) is 29.6. The quantitative estimate of drug-likeness (QED) is 0.0396. The third-order valence-corrected chi connectivity index (χ3v) is 10.7. The first-order chi connectivity index (χ1) is 24.6. The molecule has 1 aliphatic rings. The van der Waals surface area contributed by atoms with Crippen molar-refractivity contribution in [2.24, 2.45) is 0 Å². The molecule has 1 heterocycles. The Labute approximate surface area is 312 Å². The summed E-state index contributed by atoms with van der Waals surface area (Å²) in [5.41, 5.74) is 0. The Morgan fingerprint density at radius 2 is 1.04 bits per heavy atom. The van der Waals surface area contributed by atoms with Crippen LogP contribution in [0.1, 0.15) is 226 Å². The summed E-state index contributed by atoms with van der Waals surface area (Å²) in [6.45, 7) is 9.64. The predicted molar refractivity (Wildman–Crippen MR) is 216 cm³/mol. The van der Waals surface area contributed by atoms with E-state index in [1.165, 1.54) is 154 Å². The Balaban J connectivity index is 2.25. The van der Waals surface area contributed by atoms with Crippen molar-refractivity contribution >= 4 is 5.97 Å². The van der Waals surface area contributed by atoms with Gasteiger partial charge in [0.05, 0.1) is 18.8 Å². The van der Waals surface area contributed by atoms with Gasteiger partial charge in [0.25, 0.3) is 0 Å². The minimum absolute atomic E-state index is 0.0132. The van der Waals surface area contributed by atoms with Crippen LogP contribution < -0.4 is 0 Å². The van der Waals surface area contributed by atoms with Gasteiger partial charge in [-0.1, -0.05) is 161 Å². The zero-order valence-electron chi connectivity index (χ0n) is 34.0. The van der Waals surface area contributed by atoms with Gasteiger partial charge >= 0.3 is 5.97 Å². The second kappa shape index (κ2) is 36.4. The number of aliphatic hydroxyl groups excluding tert-OH is 1. The number of aliphatic hydroxyl groups is 1. The summed E-state index contributed by atoms with van der Waals surface area (Å²) in [7, 11) is 0. The minimum Gasteiger partial charge on any atom is -0.462 e. The SMILES string of the molecule is CCCCCCCC/C=C\CCCCCCC1CN(CCO)CC(CCCCCC(=O)OC(CCCCCCCC)CCCCCCCC)O1. The van der Waals surface area contributed by atoms with E-state index >= 15 is 0 Å². The van der Waals surface area contributed by atoms with Crippen LogP contribution in [-0.2, 0) is 14.3 Å². The molecule has 0 aromatic rings. The molecular formula is C45H87NO4. The molecule has 0 radical (unpaired) electrons. The van der Waals surface area contributed by atoms with Crippen molar-refractivity contribution < 1.29 is 19.4 Å². The molecule has 1 fully saturated rings. The largest absolute Gasteiger partial charge is 0.462 e. The molecule has 5 nitrogen and oxygen atoms in total. The van der Waals surface area contributed by atoms with Crippen LogP contribution in [-0.4, -0.2) is 60.5 Å². The first-order valence-corrected chi connectivity index (χ1v) is 22.5. The van der Waals surface area contributed by atoms with Crippen molar-refractivity contribution in [1.29, 1.82) is 0 Å². The van der Waals surface area contributed by atoms with Crippen molar-refractivity contribution in [3.8, 4) is 0 Å². The first-order valence-electron chi connectivity index (χ1n) is 22.5. The number of unbranched alkanes of at least 4 members (excludes halogenated alkanes) is 22. The van der Waals surface area contributed by atoms with Gasteiger partial charge in [-0.05, 0) is 70.6 Å². The molecule has 1 N–H and O–H groups in total. The number of ether oxygens (including phenoxy) is 2. The predicted octanol–water partition coefficient (Wildman–Crippen LogP) is 13.1. The lowest BCUT2D eigenvalue weighted by Crippen LogP contribution is -2.48. The molecule has 0 aromatic heterocycles. The summed E-state index contributed by atoms with van der Waals surface area (Å²) in [5, 5.41) is 9.61. The fourth-order valence-corrected chi connectivity index (χ4v) is 7.55. The van der Waals surface area contributed by atoms with E-state index in [4.69, 9.17) is 9.47 Å². The van der Waals surface area contributed by atoms with Gasteiger partial charge in [-0.25, -0.2) is 0 Å². The molecule has 2 unspecified atom stereocenters. The lowest BCUT2D eigenvalue weighted by atomic mass is 10.0. The summed E-state index contributed by atoms with van der Waals surface area (Å²) in [5.74, 6) is 0.0132. The van der Waals surface area contributed by atoms with Gasteiger partial charge in [0.2, 0.25) is 0 Å². The molecule has 0 saturated carbocycles. The monoisotopic (exact) mass is 706 g/mol. The van der Waals surface area contributed by atoms with E-state index < -0.39 is 0 Å². The molecular weight excluding hydrogens is 618 g/mol. The highest BCUT2D eigenvalue weighted by Gasteiger charge is 2.27. The number of hydrogen-bond acceptors (Lipinski definition) is 5. The second-order valence-corrected chi connectivity index (χ2v) is 15.7. The fourth-order valence-electron chi connectivity index (χ4n) is 7.55. The smallest absolute Gasteiger partial charge is 0.306 e. The molecule has 2 atom stereocenters. The topological polar surface area (TPSA) is 59.0 Å². The molecule has 1 rings (SSSR count). The molecule has 296 valence electrons. The van der Waals surface area contributed by atoms with E-state index in [2.05, 4.69) is 37.8 Å². The number of esters is 1. The number of hydrogen-bond donors (Lipinski definition) is 1. The van der Waals surface area contributed by atoms with Crippen molar-refractivity contribution in [2.45, 2.75) is 245 Å². The summed E-state index contributed by atoms with van der Waals surface area (Å²) < 4.78 is 12.6. The number of carbonyl (C=O) groups excluding carboxylic acids is 1. The van der Waals surface area contributed by atoms with Gasteiger partial charge in [-0.15, -0.1) is 0 Å². The Hall–Kier alpha value is -0.910. The number of rotatable bonds is 37. The average Bonchev–Trinajstić information content (AvgIpc) is 3.11. The number of allylic oxidation sites excluding steroid dienone is 2. The highest BCUT2D eigenvalue weighted by atomic mass is 16.5. The lowest BCUT2D eigenvalue weighted by molar-refractivity contribution is -0.150. The zero-order valence-corrected chi connectivity index (χ0v) is 34.0. The highest BCUT2D eigenvalue weighted by Crippen LogP contribution is 2.22. The van der Waals surface area contributed by atoms with Gasteiger partial charge in [-0.3, -0.25) is 9.69 Å². The highest BCUT2D eigenvalue weighted by molar-refractivity contribution is 5.69. The molecule has 0 bridgehead atoms. The van der Waals surface area contributed by atoms with E-state index in [1.807, 2.05) is 0 Å². The van der Waals surface area contributed by atoms with Crippen LogP contribution in [0.2, 0.25) is 0 Å². The number of β-amino-alcohol motifs (C(OH)–C–C–N with tert-alkyl or cyclic N) is 1. The summed E-state index contributed by atoms with van der Waals surface area (Å²) in [6, 6.07) is 0. The summed E-state index contributed by atoms with van der Waals surface area (Å²) in [4.78, 5) is 15.2. The van der Waals surface area contributed by atoms with Crippen LogP contribution in [0.15, 0.2) is 12.2 Å². The van der Waals surface area contributed by atoms with Crippen molar-refractivity contribution in [3.63, 3.8) is 0 Å². The van der Waals surface area contributed by atoms with Crippen LogP contribution >= 0.6 is 0 Å². The maximum absolute atomic E-state index is 12.8. The standard InChI is InChI=1S/C45H87NO4/c1-4-7-10-13-16-17-18-19-20-21-22-23-26-30-35-43-40-46(38-39-47)41-44(49-43)36-31-27-32-37-45(48)50-42(33-28-24-14-11-8-5-2)34-29-25-15-12-9-6-3/h19-20,42-44,47H,4-18,21-41H2,1-3H3/b20-19-. The molecule has 1 aliphatic heterocycles. The third-order valence-electron chi connectivity index (χ3n) is 10.7. The van der Waals surface area contributed by atoms with Crippen LogP contribution in [0.4, 0.5) is 0 Å². The normalized spacial score (nSPS) is 17.0. The Morgan fingerprint density at radius 3 is 1.52 bits per heavy atom. The van der Waals surface area contributed by atoms with Gasteiger partial charge in [0, 0.05) is 26.1 Å². The molecule has 5 heteroatoms. The van der Waals surface area contributed by atoms with Crippen LogP contribution in [0.25, 0.3) is 0 Å². The minimum atomic E-state index is 0.0132. The van der Waals surface area contributed by atoms with E-state index in [1.54, 1.807) is 0 Å². The van der Waals surface area contributed by atoms with Crippen molar-refractivity contribution in [1.82, 2.24) is 4.90 Å². The summed E-state index contributed by atoms with van der Waals surface area (Å²) in [6.07, 6.45) is 44.6. The van der Waals surface area contributed by atoms with E-state index in [9.17, 15) is 9.90 Å². The fraction of sp³-hybridized carbons (Fsp3) is 0.933. The number of carbonyl (C=O) groups is 1. The van der Waals surface area contributed by atoms with Crippen LogP contribution in [0, 0.1) is 0 Å². The molecule has 0 aliphatic carbocycles. The van der Waals surface area contributed by atoms with Gasteiger partial charge in [0.15, 0.2) is 0 Å². The lowest BCUT2D eigenvalue weighted by Gasteiger charge is -2.38. The van der Waals surface area contributed by atoms with Crippen molar-refractivity contribution in [3.05, 3.63) is 12.2 Å². The van der Waals surface area contributed by atoms with Crippen LogP contribution in [0.5, 0.6) is 0 Å². The molecule has 0 aromatic carbocycles. The van der Waals surface area contributed by atoms with Gasteiger partial charge in [-0.2, -0.15) is 0 Å². The van der Waals surface area contributed by atoms with E-state index in [-0.39, 0.29) is 30.9 Å². The maximum Gasteiger partial charge on any atom is 0.306 e. The van der Waals surface area contributed by atoms with Crippen molar-refractivity contribution in [2.75, 3.05) is 26.2 Å². The molecule has 1 saturated heterocycles. The molecule has 0 spiro atoms. The van der Waals surface area contributed by atoms with E-state index in [0.29, 0.717) is 6.42 Å². The first kappa shape index (κ1) is 47.1. The molecule has 0 amide bonds. The zero-order chi connectivity index (χ0) is 36.2.